The highest BCUT2D eigenvalue weighted by Crippen LogP contribution is 2.13. The van der Waals surface area contributed by atoms with Gasteiger partial charge in [-0.05, 0) is 32.4 Å². The van der Waals surface area contributed by atoms with Crippen LogP contribution in [0.5, 0.6) is 0 Å². The van der Waals surface area contributed by atoms with Gasteiger partial charge in [0.2, 0.25) is 0 Å². The lowest BCUT2D eigenvalue weighted by Gasteiger charge is -2.26. The predicted molar refractivity (Wildman–Crippen MR) is 53.3 cm³/mol. The number of hydrogen-bond donors (Lipinski definition) is 2. The predicted octanol–water partition coefficient (Wildman–Crippen LogP) is 1.37. The third-order valence-electron chi connectivity index (χ3n) is 2.94. The molecule has 2 unspecified atom stereocenters. The van der Waals surface area contributed by atoms with Gasteiger partial charge in [-0.2, -0.15) is 0 Å². The quantitative estimate of drug-likeness (QED) is 0.666. The number of hydrogen-bond acceptors (Lipinski definition) is 2. The van der Waals surface area contributed by atoms with Gasteiger partial charge in [0, 0.05) is 12.1 Å². The van der Waals surface area contributed by atoms with E-state index in [0.717, 1.165) is 19.0 Å². The van der Waals surface area contributed by atoms with Crippen LogP contribution in [0.3, 0.4) is 0 Å². The standard InChI is InChI=1S/C10H22N2/c1-4-9(2)7-12-10(3)5-6-11-8-10/h9,11-12H,4-8H2,1-3H3. The molecule has 1 heterocycles. The van der Waals surface area contributed by atoms with Gasteiger partial charge in [0.15, 0.2) is 0 Å². The monoisotopic (exact) mass is 170 g/mol. The summed E-state index contributed by atoms with van der Waals surface area (Å²) in [5, 5.41) is 7.04. The maximum atomic E-state index is 3.65. The molecular formula is C10H22N2. The van der Waals surface area contributed by atoms with Gasteiger partial charge in [-0.3, -0.25) is 0 Å². The van der Waals surface area contributed by atoms with Crippen molar-refractivity contribution in [2.24, 2.45) is 5.92 Å². The highest BCUT2D eigenvalue weighted by molar-refractivity contribution is 4.91. The highest BCUT2D eigenvalue weighted by atomic mass is 15.1. The second-order valence-corrected chi connectivity index (χ2v) is 4.38. The molecule has 12 heavy (non-hydrogen) atoms. The van der Waals surface area contributed by atoms with Crippen molar-refractivity contribution in [1.82, 2.24) is 10.6 Å². The summed E-state index contributed by atoms with van der Waals surface area (Å²) in [4.78, 5) is 0. The Morgan fingerprint density at radius 3 is 2.83 bits per heavy atom. The maximum absolute atomic E-state index is 3.65. The molecule has 1 aliphatic heterocycles. The van der Waals surface area contributed by atoms with Crippen molar-refractivity contribution in [2.45, 2.75) is 39.2 Å². The van der Waals surface area contributed by atoms with E-state index in [0.29, 0.717) is 5.54 Å². The van der Waals surface area contributed by atoms with Gasteiger partial charge in [-0.15, -0.1) is 0 Å². The van der Waals surface area contributed by atoms with Crippen molar-refractivity contribution < 1.29 is 0 Å². The second kappa shape index (κ2) is 4.24. The maximum Gasteiger partial charge on any atom is 0.0290 e. The average Bonchev–Trinajstić information content (AvgIpc) is 2.49. The average molecular weight is 170 g/mol. The summed E-state index contributed by atoms with van der Waals surface area (Å²) in [5.41, 5.74) is 0.365. The fraction of sp³-hybridized carbons (Fsp3) is 1.00. The van der Waals surface area contributed by atoms with Crippen LogP contribution in [0, 0.1) is 5.92 Å². The normalized spacial score (nSPS) is 32.2. The van der Waals surface area contributed by atoms with Crippen molar-refractivity contribution in [1.29, 1.82) is 0 Å². The van der Waals surface area contributed by atoms with Crippen LogP contribution in [0.4, 0.5) is 0 Å². The fourth-order valence-corrected chi connectivity index (χ4v) is 1.53. The first kappa shape index (κ1) is 10.0. The third-order valence-corrected chi connectivity index (χ3v) is 2.94. The van der Waals surface area contributed by atoms with Gasteiger partial charge in [0.25, 0.3) is 0 Å². The zero-order chi connectivity index (χ0) is 9.03. The summed E-state index contributed by atoms with van der Waals surface area (Å²) in [6.07, 6.45) is 2.54. The zero-order valence-corrected chi connectivity index (χ0v) is 8.61. The molecule has 0 amide bonds. The lowest BCUT2D eigenvalue weighted by Crippen LogP contribution is -2.45. The first-order valence-corrected chi connectivity index (χ1v) is 5.12. The third kappa shape index (κ3) is 2.76. The van der Waals surface area contributed by atoms with E-state index < -0.39 is 0 Å². The van der Waals surface area contributed by atoms with E-state index >= 15 is 0 Å². The van der Waals surface area contributed by atoms with Crippen molar-refractivity contribution in [3.63, 3.8) is 0 Å². The summed E-state index contributed by atoms with van der Waals surface area (Å²) in [6, 6.07) is 0. The molecule has 2 nitrogen and oxygen atoms in total. The Morgan fingerprint density at radius 2 is 2.33 bits per heavy atom. The summed E-state index contributed by atoms with van der Waals surface area (Å²) in [5.74, 6) is 0.808. The SMILES string of the molecule is CCC(C)CNC1(C)CCNC1. The second-order valence-electron chi connectivity index (χ2n) is 4.38. The smallest absolute Gasteiger partial charge is 0.0290 e. The Balaban J connectivity index is 2.21. The molecule has 0 aliphatic carbocycles. The molecule has 1 rings (SSSR count). The van der Waals surface area contributed by atoms with Crippen LogP contribution in [0.15, 0.2) is 0 Å². The van der Waals surface area contributed by atoms with Gasteiger partial charge in [-0.1, -0.05) is 20.3 Å². The van der Waals surface area contributed by atoms with Crippen LogP contribution in [0.25, 0.3) is 0 Å². The molecule has 0 bridgehead atoms. The van der Waals surface area contributed by atoms with Crippen molar-refractivity contribution in [3.05, 3.63) is 0 Å². The molecular weight excluding hydrogens is 148 g/mol. The summed E-state index contributed by atoms with van der Waals surface area (Å²) >= 11 is 0. The van der Waals surface area contributed by atoms with Crippen molar-refractivity contribution in [3.8, 4) is 0 Å². The van der Waals surface area contributed by atoms with Crippen molar-refractivity contribution in [2.75, 3.05) is 19.6 Å². The van der Waals surface area contributed by atoms with Gasteiger partial charge < -0.3 is 10.6 Å². The molecule has 2 heteroatoms. The Bertz CT molecular complexity index is 128. The Kier molecular flexibility index (Phi) is 3.53. The summed E-state index contributed by atoms with van der Waals surface area (Å²) < 4.78 is 0. The lowest BCUT2D eigenvalue weighted by molar-refractivity contribution is 0.351. The minimum Gasteiger partial charge on any atom is -0.315 e. The van der Waals surface area contributed by atoms with Crippen LogP contribution in [0.2, 0.25) is 0 Å². The van der Waals surface area contributed by atoms with E-state index in [1.165, 1.54) is 19.4 Å². The molecule has 1 fully saturated rings. The highest BCUT2D eigenvalue weighted by Gasteiger charge is 2.27. The fourth-order valence-electron chi connectivity index (χ4n) is 1.53. The van der Waals surface area contributed by atoms with Crippen LogP contribution in [0.1, 0.15) is 33.6 Å². The topological polar surface area (TPSA) is 24.1 Å². The number of nitrogens with one attached hydrogen (secondary N) is 2. The van der Waals surface area contributed by atoms with E-state index in [2.05, 4.69) is 31.4 Å². The van der Waals surface area contributed by atoms with E-state index in [9.17, 15) is 0 Å². The van der Waals surface area contributed by atoms with Crippen LogP contribution < -0.4 is 10.6 Å². The zero-order valence-electron chi connectivity index (χ0n) is 8.61. The summed E-state index contributed by atoms with van der Waals surface area (Å²) in [6.45, 7) is 10.3. The van der Waals surface area contributed by atoms with Gasteiger partial charge in [-0.25, -0.2) is 0 Å². The molecule has 0 aromatic heterocycles. The Morgan fingerprint density at radius 1 is 1.58 bits per heavy atom. The van der Waals surface area contributed by atoms with Gasteiger partial charge >= 0.3 is 0 Å². The summed E-state index contributed by atoms with van der Waals surface area (Å²) in [7, 11) is 0. The molecule has 0 radical (unpaired) electrons. The van der Waals surface area contributed by atoms with E-state index in [-0.39, 0.29) is 0 Å². The molecule has 0 saturated carbocycles. The Labute approximate surface area is 76.1 Å². The minimum absolute atomic E-state index is 0.365. The van der Waals surface area contributed by atoms with Crippen LogP contribution in [-0.4, -0.2) is 25.2 Å². The van der Waals surface area contributed by atoms with E-state index in [1.807, 2.05) is 0 Å². The largest absolute Gasteiger partial charge is 0.315 e. The number of rotatable bonds is 4. The molecule has 2 N–H and O–H groups in total. The first-order chi connectivity index (χ1) is 5.66. The van der Waals surface area contributed by atoms with Crippen molar-refractivity contribution >= 4 is 0 Å². The van der Waals surface area contributed by atoms with E-state index in [4.69, 9.17) is 0 Å². The lowest BCUT2D eigenvalue weighted by atomic mass is 10.00. The van der Waals surface area contributed by atoms with Gasteiger partial charge in [0.1, 0.15) is 0 Å². The van der Waals surface area contributed by atoms with E-state index in [1.54, 1.807) is 0 Å². The molecule has 1 saturated heterocycles. The molecule has 0 aromatic rings. The molecule has 0 spiro atoms. The molecule has 2 atom stereocenters. The Hall–Kier alpha value is -0.0800. The molecule has 1 aliphatic rings. The van der Waals surface area contributed by atoms with Crippen LogP contribution >= 0.6 is 0 Å². The molecule has 0 aromatic carbocycles. The van der Waals surface area contributed by atoms with Gasteiger partial charge in [0.05, 0.1) is 0 Å². The first-order valence-electron chi connectivity index (χ1n) is 5.12. The van der Waals surface area contributed by atoms with Crippen LogP contribution in [-0.2, 0) is 0 Å². The molecule has 72 valence electrons. The minimum atomic E-state index is 0.365.